The van der Waals surface area contributed by atoms with Crippen molar-refractivity contribution in [3.8, 4) is 0 Å². The average molecular weight is 382 g/mol. The number of carbonyl (C=O) groups is 2. The molecule has 0 spiro atoms. The molecular formula is C21H26N4O3. The maximum absolute atomic E-state index is 12.2. The average Bonchev–Trinajstić information content (AvgIpc) is 2.71. The third-order valence-electron chi connectivity index (χ3n) is 4.83. The molecule has 28 heavy (non-hydrogen) atoms. The van der Waals surface area contributed by atoms with E-state index in [4.69, 9.17) is 0 Å². The maximum atomic E-state index is 12.2. The number of pyridine rings is 1. The first-order valence-electron chi connectivity index (χ1n) is 9.55. The monoisotopic (exact) mass is 382 g/mol. The fourth-order valence-electron chi connectivity index (χ4n) is 3.30. The molecule has 0 aliphatic carbocycles. The Kier molecular flexibility index (Phi) is 7.11. The van der Waals surface area contributed by atoms with Crippen molar-refractivity contribution in [2.75, 3.05) is 26.2 Å². The van der Waals surface area contributed by atoms with Crippen LogP contribution < -0.4 is 10.6 Å². The Morgan fingerprint density at radius 1 is 1.14 bits per heavy atom. The summed E-state index contributed by atoms with van der Waals surface area (Å²) in [6.07, 6.45) is 2.21. The van der Waals surface area contributed by atoms with E-state index in [0.29, 0.717) is 31.7 Å². The summed E-state index contributed by atoms with van der Waals surface area (Å²) in [6.45, 7) is 1.81. The topological polar surface area (TPSA) is 94.6 Å². The third-order valence-corrected chi connectivity index (χ3v) is 4.83. The normalized spacial score (nSPS) is 19.8. The number of nitrogens with one attached hydrogen (secondary N) is 2. The Bertz CT molecular complexity index is 770. The van der Waals surface area contributed by atoms with E-state index in [-0.39, 0.29) is 24.4 Å². The van der Waals surface area contributed by atoms with Gasteiger partial charge in [0.15, 0.2) is 0 Å². The smallest absolute Gasteiger partial charge is 0.270 e. The van der Waals surface area contributed by atoms with Gasteiger partial charge in [0.25, 0.3) is 5.91 Å². The molecule has 7 nitrogen and oxygen atoms in total. The van der Waals surface area contributed by atoms with Crippen LogP contribution in [0.15, 0.2) is 54.7 Å². The number of aliphatic hydroxyl groups excluding tert-OH is 1. The van der Waals surface area contributed by atoms with Gasteiger partial charge in [-0.15, -0.1) is 0 Å². The Morgan fingerprint density at radius 2 is 1.93 bits per heavy atom. The highest BCUT2D eigenvalue weighted by atomic mass is 16.3. The van der Waals surface area contributed by atoms with Gasteiger partial charge in [0.05, 0.1) is 18.7 Å². The molecule has 1 fully saturated rings. The van der Waals surface area contributed by atoms with Crippen molar-refractivity contribution in [3.05, 3.63) is 66.0 Å². The summed E-state index contributed by atoms with van der Waals surface area (Å²) >= 11 is 0. The van der Waals surface area contributed by atoms with E-state index in [0.717, 1.165) is 6.42 Å². The van der Waals surface area contributed by atoms with Gasteiger partial charge >= 0.3 is 0 Å². The zero-order valence-electron chi connectivity index (χ0n) is 15.8. The van der Waals surface area contributed by atoms with Crippen molar-refractivity contribution in [1.29, 1.82) is 0 Å². The first-order chi connectivity index (χ1) is 13.6. The summed E-state index contributed by atoms with van der Waals surface area (Å²) in [7, 11) is 0. The number of rotatable bonds is 7. The number of likely N-dealkylation sites (tertiary alicyclic amines) is 1. The van der Waals surface area contributed by atoms with Crippen molar-refractivity contribution in [1.82, 2.24) is 20.5 Å². The highest BCUT2D eigenvalue weighted by molar-refractivity contribution is 5.92. The van der Waals surface area contributed by atoms with Gasteiger partial charge in [-0.2, -0.15) is 0 Å². The van der Waals surface area contributed by atoms with Gasteiger partial charge in [-0.25, -0.2) is 0 Å². The van der Waals surface area contributed by atoms with Crippen molar-refractivity contribution >= 4 is 11.8 Å². The standard InChI is InChI=1S/C21H26N4O3/c26-19-14-25(15-20(27)23-12-9-16-6-2-1-3-7-16)13-10-17(19)24-21(28)18-8-4-5-11-22-18/h1-8,11,17,19,26H,9-10,12-15H2,(H,23,27)(H,24,28)/t17-,19-/m1/s1. The van der Waals surface area contributed by atoms with E-state index >= 15 is 0 Å². The van der Waals surface area contributed by atoms with Gasteiger partial charge in [-0.3, -0.25) is 19.5 Å². The number of aromatic nitrogens is 1. The molecule has 2 aromatic rings. The van der Waals surface area contributed by atoms with Gasteiger partial charge in [-0.1, -0.05) is 36.4 Å². The Labute approximate surface area is 164 Å². The van der Waals surface area contributed by atoms with Gasteiger partial charge in [0.2, 0.25) is 5.91 Å². The number of aliphatic hydroxyl groups is 1. The van der Waals surface area contributed by atoms with Crippen LogP contribution in [0.3, 0.4) is 0 Å². The molecule has 1 aliphatic rings. The summed E-state index contributed by atoms with van der Waals surface area (Å²) in [5.41, 5.74) is 1.51. The largest absolute Gasteiger partial charge is 0.390 e. The predicted molar refractivity (Wildman–Crippen MR) is 106 cm³/mol. The summed E-state index contributed by atoms with van der Waals surface area (Å²) in [5, 5.41) is 16.1. The van der Waals surface area contributed by atoms with E-state index in [9.17, 15) is 14.7 Å². The molecule has 2 heterocycles. The van der Waals surface area contributed by atoms with Crippen LogP contribution in [0, 0.1) is 0 Å². The highest BCUT2D eigenvalue weighted by Gasteiger charge is 2.30. The number of benzene rings is 1. The minimum absolute atomic E-state index is 0.0564. The van der Waals surface area contributed by atoms with Crippen molar-refractivity contribution in [2.24, 2.45) is 0 Å². The van der Waals surface area contributed by atoms with Gasteiger partial charge in [0.1, 0.15) is 5.69 Å². The molecule has 0 radical (unpaired) electrons. The van der Waals surface area contributed by atoms with Gasteiger partial charge < -0.3 is 15.7 Å². The second kappa shape index (κ2) is 9.96. The van der Waals surface area contributed by atoms with Crippen molar-refractivity contribution in [3.63, 3.8) is 0 Å². The van der Waals surface area contributed by atoms with E-state index in [1.54, 1.807) is 24.4 Å². The van der Waals surface area contributed by atoms with E-state index in [1.807, 2.05) is 35.2 Å². The van der Waals surface area contributed by atoms with Crippen molar-refractivity contribution in [2.45, 2.75) is 25.0 Å². The van der Waals surface area contributed by atoms with Crippen molar-refractivity contribution < 1.29 is 14.7 Å². The zero-order valence-corrected chi connectivity index (χ0v) is 15.8. The molecule has 7 heteroatoms. The molecule has 1 saturated heterocycles. The van der Waals surface area contributed by atoms with E-state index < -0.39 is 6.10 Å². The van der Waals surface area contributed by atoms with Gasteiger partial charge in [0, 0.05) is 25.8 Å². The second-order valence-electron chi connectivity index (χ2n) is 6.97. The van der Waals surface area contributed by atoms with Crippen LogP contribution in [0.2, 0.25) is 0 Å². The molecule has 3 N–H and O–H groups in total. The quantitative estimate of drug-likeness (QED) is 0.652. The first-order valence-corrected chi connectivity index (χ1v) is 9.55. The number of β-amino-alcohol motifs (C(OH)–C–C–N with tert-alkyl or cyclic N) is 1. The lowest BCUT2D eigenvalue weighted by molar-refractivity contribution is -0.123. The molecule has 148 valence electrons. The summed E-state index contributed by atoms with van der Waals surface area (Å²) < 4.78 is 0. The van der Waals surface area contributed by atoms with E-state index in [1.165, 1.54) is 5.56 Å². The van der Waals surface area contributed by atoms with Crippen LogP contribution in [0.1, 0.15) is 22.5 Å². The minimum Gasteiger partial charge on any atom is -0.390 e. The molecule has 2 atom stereocenters. The molecule has 2 amide bonds. The highest BCUT2D eigenvalue weighted by Crippen LogP contribution is 2.12. The number of piperidine rings is 1. The van der Waals surface area contributed by atoms with Crippen LogP contribution >= 0.6 is 0 Å². The lowest BCUT2D eigenvalue weighted by Gasteiger charge is -2.35. The fourth-order valence-corrected chi connectivity index (χ4v) is 3.30. The molecule has 0 unspecified atom stereocenters. The summed E-state index contributed by atoms with van der Waals surface area (Å²) in [6, 6.07) is 14.8. The lowest BCUT2D eigenvalue weighted by atomic mass is 10.0. The molecular weight excluding hydrogens is 356 g/mol. The third kappa shape index (κ3) is 5.87. The maximum Gasteiger partial charge on any atom is 0.270 e. The van der Waals surface area contributed by atoms with Gasteiger partial charge in [-0.05, 0) is 30.5 Å². The van der Waals surface area contributed by atoms with E-state index in [2.05, 4.69) is 15.6 Å². The number of hydrogen-bond donors (Lipinski definition) is 3. The van der Waals surface area contributed by atoms with Crippen LogP contribution in [-0.4, -0.2) is 65.1 Å². The molecule has 1 aromatic heterocycles. The van der Waals surface area contributed by atoms with Crippen LogP contribution in [0.5, 0.6) is 0 Å². The van der Waals surface area contributed by atoms with Crippen LogP contribution in [0.4, 0.5) is 0 Å². The SMILES string of the molecule is O=C(CN1CC[C@@H](NC(=O)c2ccccn2)[C@H](O)C1)NCCc1ccccc1. The molecule has 0 saturated carbocycles. The molecule has 3 rings (SSSR count). The van der Waals surface area contributed by atoms with Crippen LogP contribution in [-0.2, 0) is 11.2 Å². The molecule has 1 aliphatic heterocycles. The number of nitrogens with zero attached hydrogens (tertiary/aromatic N) is 2. The lowest BCUT2D eigenvalue weighted by Crippen LogP contribution is -2.55. The Hall–Kier alpha value is -2.77. The van der Waals surface area contributed by atoms with Crippen LogP contribution in [0.25, 0.3) is 0 Å². The minimum atomic E-state index is -0.724. The zero-order chi connectivity index (χ0) is 19.8. The second-order valence-corrected chi connectivity index (χ2v) is 6.97. The summed E-state index contributed by atoms with van der Waals surface area (Å²) in [5.74, 6) is -0.351. The summed E-state index contributed by atoms with van der Waals surface area (Å²) in [4.78, 5) is 30.3. The fraction of sp³-hybridized carbons (Fsp3) is 0.381. The predicted octanol–water partition coefficient (Wildman–Crippen LogP) is 0.606. The first kappa shape index (κ1) is 20.0. The number of hydrogen-bond acceptors (Lipinski definition) is 5. The number of amides is 2. The Balaban J connectivity index is 1.38. The molecule has 1 aromatic carbocycles. The number of carbonyl (C=O) groups excluding carboxylic acids is 2. The Morgan fingerprint density at radius 3 is 2.64 bits per heavy atom. The molecule has 0 bridgehead atoms.